The molecule has 0 radical (unpaired) electrons. The Morgan fingerprint density at radius 3 is 2.50 bits per heavy atom. The van der Waals surface area contributed by atoms with Crippen molar-refractivity contribution in [2.24, 2.45) is 0 Å². The van der Waals surface area contributed by atoms with Gasteiger partial charge in [0.2, 0.25) is 0 Å². The fraction of sp³-hybridized carbons (Fsp3) is 0.118. The van der Waals surface area contributed by atoms with Crippen LogP contribution in [0.4, 0.5) is 0 Å². The number of fused-ring (bicyclic) bond motifs is 1. The van der Waals surface area contributed by atoms with Crippen molar-refractivity contribution in [2.75, 3.05) is 7.11 Å². The predicted molar refractivity (Wildman–Crippen MR) is 81.3 cm³/mol. The van der Waals surface area contributed by atoms with Gasteiger partial charge in [-0.3, -0.25) is 4.79 Å². The quantitative estimate of drug-likeness (QED) is 0.770. The lowest BCUT2D eigenvalue weighted by atomic mass is 10.0. The summed E-state index contributed by atoms with van der Waals surface area (Å²) in [5.41, 5.74) is 3.43. The average Bonchev–Trinajstić information content (AvgIpc) is 2.47. The molecule has 0 aliphatic carbocycles. The zero-order valence-corrected chi connectivity index (χ0v) is 11.4. The number of aryl methyl sites for hydroxylation is 1. The highest BCUT2D eigenvalue weighted by atomic mass is 16.5. The lowest BCUT2D eigenvalue weighted by Crippen LogP contribution is -2.08. The second kappa shape index (κ2) is 4.85. The Morgan fingerprint density at radius 2 is 1.80 bits per heavy atom. The van der Waals surface area contributed by atoms with Gasteiger partial charge in [-0.1, -0.05) is 35.9 Å². The summed E-state index contributed by atoms with van der Waals surface area (Å²) in [6.07, 6.45) is 0. The number of aromatic amines is 1. The lowest BCUT2D eigenvalue weighted by molar-refractivity contribution is 0.420. The number of hydrogen-bond donors (Lipinski definition) is 1. The second-order valence-electron chi connectivity index (χ2n) is 4.80. The maximum atomic E-state index is 12.2. The molecule has 20 heavy (non-hydrogen) atoms. The molecule has 0 bridgehead atoms. The van der Waals surface area contributed by atoms with Gasteiger partial charge >= 0.3 is 0 Å². The monoisotopic (exact) mass is 265 g/mol. The Bertz CT molecular complexity index is 817. The number of benzene rings is 2. The third-order valence-electron chi connectivity index (χ3n) is 3.43. The van der Waals surface area contributed by atoms with E-state index < -0.39 is 0 Å². The molecular formula is C17H15NO2. The van der Waals surface area contributed by atoms with Gasteiger partial charge in [-0.05, 0) is 30.7 Å². The second-order valence-corrected chi connectivity index (χ2v) is 4.80. The molecule has 3 rings (SSSR count). The number of nitrogens with one attached hydrogen (secondary N) is 1. The molecule has 1 heterocycles. The average molecular weight is 265 g/mol. The molecule has 0 spiro atoms. The summed E-state index contributed by atoms with van der Waals surface area (Å²) in [6, 6.07) is 15.4. The molecule has 0 atom stereocenters. The molecule has 0 saturated carbocycles. The van der Waals surface area contributed by atoms with Gasteiger partial charge in [0.15, 0.2) is 0 Å². The van der Waals surface area contributed by atoms with Crippen molar-refractivity contribution in [3.05, 3.63) is 64.4 Å². The molecule has 3 nitrogen and oxygen atoms in total. The molecule has 1 N–H and O–H groups in total. The third kappa shape index (κ3) is 2.07. The van der Waals surface area contributed by atoms with E-state index in [1.54, 1.807) is 7.11 Å². The van der Waals surface area contributed by atoms with E-state index in [4.69, 9.17) is 4.74 Å². The van der Waals surface area contributed by atoms with E-state index in [9.17, 15) is 4.79 Å². The van der Waals surface area contributed by atoms with Gasteiger partial charge in [-0.25, -0.2) is 0 Å². The van der Waals surface area contributed by atoms with Crippen LogP contribution in [0.2, 0.25) is 0 Å². The third-order valence-corrected chi connectivity index (χ3v) is 3.43. The molecule has 1 aromatic heterocycles. The van der Waals surface area contributed by atoms with Gasteiger partial charge in [0.05, 0.1) is 12.6 Å². The van der Waals surface area contributed by atoms with Crippen molar-refractivity contribution in [2.45, 2.75) is 6.92 Å². The van der Waals surface area contributed by atoms with Crippen molar-refractivity contribution in [1.29, 1.82) is 0 Å². The van der Waals surface area contributed by atoms with E-state index in [1.165, 1.54) is 5.56 Å². The maximum Gasteiger partial charge on any atom is 0.256 e. The van der Waals surface area contributed by atoms with E-state index in [0.29, 0.717) is 5.56 Å². The first-order chi connectivity index (χ1) is 9.69. The molecule has 0 aliphatic heterocycles. The van der Waals surface area contributed by atoms with Crippen LogP contribution in [0.5, 0.6) is 5.75 Å². The Labute approximate surface area is 116 Å². The van der Waals surface area contributed by atoms with Crippen molar-refractivity contribution >= 4 is 10.9 Å². The highest BCUT2D eigenvalue weighted by Crippen LogP contribution is 2.26. The Kier molecular flexibility index (Phi) is 3.03. The summed E-state index contributed by atoms with van der Waals surface area (Å²) < 4.78 is 5.36. The summed E-state index contributed by atoms with van der Waals surface area (Å²) in [7, 11) is 1.63. The molecule has 3 aromatic rings. The molecule has 0 amide bonds. The van der Waals surface area contributed by atoms with Gasteiger partial charge in [0, 0.05) is 10.9 Å². The first-order valence-corrected chi connectivity index (χ1v) is 6.46. The van der Waals surface area contributed by atoms with Crippen molar-refractivity contribution in [3.8, 4) is 16.9 Å². The summed E-state index contributed by atoms with van der Waals surface area (Å²) in [5.74, 6) is 0.757. The van der Waals surface area contributed by atoms with Gasteiger partial charge in [-0.2, -0.15) is 0 Å². The molecule has 100 valence electrons. The normalized spacial score (nSPS) is 10.7. The number of aromatic nitrogens is 1. The molecule has 0 unspecified atom stereocenters. The molecular weight excluding hydrogens is 250 g/mol. The minimum Gasteiger partial charge on any atom is -0.496 e. The number of hydrogen-bond acceptors (Lipinski definition) is 2. The topological polar surface area (TPSA) is 42.1 Å². The van der Waals surface area contributed by atoms with E-state index in [2.05, 4.69) is 4.98 Å². The summed E-state index contributed by atoms with van der Waals surface area (Å²) in [5, 5.41) is 0.908. The van der Waals surface area contributed by atoms with Crippen molar-refractivity contribution < 1.29 is 4.74 Å². The SMILES string of the molecule is COc1cccc2[nH]c(=O)c(-c3ccc(C)cc3)cc12. The van der Waals surface area contributed by atoms with Crippen LogP contribution in [-0.2, 0) is 0 Å². The number of pyridine rings is 1. The first-order valence-electron chi connectivity index (χ1n) is 6.46. The van der Waals surface area contributed by atoms with Crippen LogP contribution < -0.4 is 10.3 Å². The van der Waals surface area contributed by atoms with Crippen molar-refractivity contribution in [1.82, 2.24) is 4.98 Å². The van der Waals surface area contributed by atoms with Gasteiger partial charge in [0.25, 0.3) is 5.56 Å². The van der Waals surface area contributed by atoms with Crippen LogP contribution in [0.1, 0.15) is 5.56 Å². The Balaban J connectivity index is 2.28. The molecule has 2 aromatic carbocycles. The zero-order valence-electron chi connectivity index (χ0n) is 11.4. The predicted octanol–water partition coefficient (Wildman–Crippen LogP) is 3.51. The minimum absolute atomic E-state index is 0.0883. The van der Waals surface area contributed by atoms with E-state index in [1.807, 2.05) is 55.5 Å². The van der Waals surface area contributed by atoms with Crippen LogP contribution >= 0.6 is 0 Å². The molecule has 0 aliphatic rings. The number of H-pyrrole nitrogens is 1. The smallest absolute Gasteiger partial charge is 0.256 e. The lowest BCUT2D eigenvalue weighted by Gasteiger charge is -2.07. The van der Waals surface area contributed by atoms with Crippen molar-refractivity contribution in [3.63, 3.8) is 0 Å². The zero-order chi connectivity index (χ0) is 14.1. The van der Waals surface area contributed by atoms with Gasteiger partial charge < -0.3 is 9.72 Å². The standard InChI is InChI=1S/C17H15NO2/c1-11-6-8-12(9-7-11)13-10-14-15(18-17(13)19)4-3-5-16(14)20-2/h3-10H,1-2H3,(H,18,19). The summed E-state index contributed by atoms with van der Waals surface area (Å²) >= 11 is 0. The molecule has 0 fully saturated rings. The maximum absolute atomic E-state index is 12.2. The van der Waals surface area contributed by atoms with E-state index in [-0.39, 0.29) is 5.56 Å². The van der Waals surface area contributed by atoms with Crippen LogP contribution in [0.3, 0.4) is 0 Å². The van der Waals surface area contributed by atoms with E-state index in [0.717, 1.165) is 22.2 Å². The number of ether oxygens (including phenoxy) is 1. The van der Waals surface area contributed by atoms with Crippen LogP contribution in [0.25, 0.3) is 22.0 Å². The Hall–Kier alpha value is -2.55. The first kappa shape index (κ1) is 12.5. The largest absolute Gasteiger partial charge is 0.496 e. The number of methoxy groups -OCH3 is 1. The van der Waals surface area contributed by atoms with Gasteiger partial charge in [0.1, 0.15) is 5.75 Å². The van der Waals surface area contributed by atoms with Gasteiger partial charge in [-0.15, -0.1) is 0 Å². The van der Waals surface area contributed by atoms with Crippen LogP contribution in [0.15, 0.2) is 53.3 Å². The summed E-state index contributed by atoms with van der Waals surface area (Å²) in [4.78, 5) is 15.1. The van der Waals surface area contributed by atoms with Crippen LogP contribution in [-0.4, -0.2) is 12.1 Å². The highest BCUT2D eigenvalue weighted by molar-refractivity contribution is 5.88. The van der Waals surface area contributed by atoms with E-state index >= 15 is 0 Å². The highest BCUT2D eigenvalue weighted by Gasteiger charge is 2.08. The molecule has 3 heteroatoms. The minimum atomic E-state index is -0.0883. The fourth-order valence-corrected chi connectivity index (χ4v) is 2.33. The molecule has 0 saturated heterocycles. The fourth-order valence-electron chi connectivity index (χ4n) is 2.33. The Morgan fingerprint density at radius 1 is 1.05 bits per heavy atom. The number of rotatable bonds is 2. The summed E-state index contributed by atoms with van der Waals surface area (Å²) in [6.45, 7) is 2.03. The van der Waals surface area contributed by atoms with Crippen LogP contribution in [0, 0.1) is 6.92 Å².